The number of hydrazine groups is 1. The number of carbonyl (C=O) groups excluding carboxylic acids is 1. The number of hydrogen-bond donors (Lipinski definition) is 2. The smallest absolute Gasteiger partial charge is 0.324 e. The minimum atomic E-state index is -0.355. The van der Waals surface area contributed by atoms with Gasteiger partial charge in [-0.2, -0.15) is 0 Å². The lowest BCUT2D eigenvalue weighted by atomic mass is 9.96. The van der Waals surface area contributed by atoms with Crippen LogP contribution in [0.15, 0.2) is 42.5 Å². The van der Waals surface area contributed by atoms with E-state index in [0.717, 1.165) is 17.5 Å². The first-order valence-corrected chi connectivity index (χ1v) is 8.22. The summed E-state index contributed by atoms with van der Waals surface area (Å²) in [7, 11) is 0. The third-order valence-corrected chi connectivity index (χ3v) is 4.21. The van der Waals surface area contributed by atoms with E-state index >= 15 is 0 Å². The van der Waals surface area contributed by atoms with E-state index in [1.165, 1.54) is 5.56 Å². The molecule has 5 heteroatoms. The summed E-state index contributed by atoms with van der Waals surface area (Å²) in [6.07, 6.45) is 1.35. The van der Waals surface area contributed by atoms with Crippen molar-refractivity contribution in [1.82, 2.24) is 10.3 Å². The van der Waals surface area contributed by atoms with Gasteiger partial charge in [-0.15, -0.1) is 0 Å². The maximum Gasteiger partial charge on any atom is 0.331 e. The van der Waals surface area contributed by atoms with Crippen LogP contribution in [0.1, 0.15) is 25.0 Å². The van der Waals surface area contributed by atoms with Crippen molar-refractivity contribution < 1.29 is 9.18 Å². The van der Waals surface area contributed by atoms with E-state index in [4.69, 9.17) is 5.84 Å². The summed E-state index contributed by atoms with van der Waals surface area (Å²) in [5.74, 6) is 4.90. The molecule has 0 saturated heterocycles. The van der Waals surface area contributed by atoms with E-state index in [2.05, 4.69) is 18.4 Å². The minimum Gasteiger partial charge on any atom is -0.324 e. The number of carbonyl (C=O) groups is 1. The van der Waals surface area contributed by atoms with Gasteiger partial charge >= 0.3 is 6.03 Å². The number of nitrogens with one attached hydrogen (secondary N) is 1. The first-order valence-electron chi connectivity index (χ1n) is 8.22. The highest BCUT2D eigenvalue weighted by Crippen LogP contribution is 2.26. The van der Waals surface area contributed by atoms with Crippen LogP contribution in [-0.4, -0.2) is 24.0 Å². The Labute approximate surface area is 142 Å². The third-order valence-electron chi connectivity index (χ3n) is 4.21. The van der Waals surface area contributed by atoms with E-state index in [1.54, 1.807) is 17.0 Å². The molecule has 128 valence electrons. The summed E-state index contributed by atoms with van der Waals surface area (Å²) in [5.41, 5.74) is 5.83. The molecule has 0 spiro atoms. The van der Waals surface area contributed by atoms with Crippen molar-refractivity contribution in [2.45, 2.75) is 26.7 Å². The number of hydrogen-bond acceptors (Lipinski definition) is 2. The van der Waals surface area contributed by atoms with Crippen molar-refractivity contribution in [1.29, 1.82) is 0 Å². The number of urea groups is 1. The fourth-order valence-corrected chi connectivity index (χ4v) is 2.78. The zero-order chi connectivity index (χ0) is 17.5. The molecule has 0 aliphatic rings. The van der Waals surface area contributed by atoms with Crippen LogP contribution in [0.4, 0.5) is 9.18 Å². The van der Waals surface area contributed by atoms with Gasteiger partial charge in [0, 0.05) is 13.1 Å². The van der Waals surface area contributed by atoms with Gasteiger partial charge in [0.2, 0.25) is 0 Å². The molecule has 4 nitrogen and oxygen atoms in total. The quantitative estimate of drug-likeness (QED) is 0.484. The lowest BCUT2D eigenvalue weighted by Gasteiger charge is -2.20. The van der Waals surface area contributed by atoms with E-state index in [1.807, 2.05) is 31.2 Å². The second-order valence-corrected chi connectivity index (χ2v) is 5.60. The maximum atomic E-state index is 14.5. The largest absolute Gasteiger partial charge is 0.331 e. The van der Waals surface area contributed by atoms with Crippen LogP contribution in [-0.2, 0) is 12.8 Å². The molecular formula is C19H24FN3O. The molecule has 0 unspecified atom stereocenters. The van der Waals surface area contributed by atoms with Gasteiger partial charge in [0.25, 0.3) is 0 Å². The SMILES string of the molecule is CCc1ccccc1-c1ccc(CCN(CC)C(=O)NN)c(F)c1. The Kier molecular flexibility index (Phi) is 6.32. The predicted molar refractivity (Wildman–Crippen MR) is 94.9 cm³/mol. The Morgan fingerprint density at radius 1 is 1.17 bits per heavy atom. The molecule has 0 radical (unpaired) electrons. The number of aryl methyl sites for hydroxylation is 1. The number of nitrogens with zero attached hydrogens (tertiary/aromatic N) is 1. The Bertz CT molecular complexity index is 703. The van der Waals surface area contributed by atoms with Crippen LogP contribution < -0.4 is 11.3 Å². The molecule has 2 rings (SSSR count). The molecule has 2 aromatic carbocycles. The van der Waals surface area contributed by atoms with E-state index in [9.17, 15) is 9.18 Å². The summed E-state index contributed by atoms with van der Waals surface area (Å²) in [5, 5.41) is 0. The molecule has 0 fully saturated rings. The molecule has 0 heterocycles. The summed E-state index contributed by atoms with van der Waals surface area (Å²) >= 11 is 0. The van der Waals surface area contributed by atoms with Crippen LogP contribution in [0.3, 0.4) is 0 Å². The van der Waals surface area contributed by atoms with Crippen LogP contribution >= 0.6 is 0 Å². The van der Waals surface area contributed by atoms with Gasteiger partial charge in [-0.1, -0.05) is 43.3 Å². The number of amides is 2. The normalized spacial score (nSPS) is 10.5. The monoisotopic (exact) mass is 329 g/mol. The highest BCUT2D eigenvalue weighted by molar-refractivity contribution is 5.73. The van der Waals surface area contributed by atoms with Crippen molar-refractivity contribution in [2.24, 2.45) is 5.84 Å². The number of benzene rings is 2. The summed E-state index contributed by atoms with van der Waals surface area (Å²) < 4.78 is 14.5. The first-order chi connectivity index (χ1) is 11.6. The average Bonchev–Trinajstić information content (AvgIpc) is 2.62. The van der Waals surface area contributed by atoms with Crippen molar-refractivity contribution >= 4 is 6.03 Å². The molecular weight excluding hydrogens is 305 g/mol. The molecule has 3 N–H and O–H groups in total. The molecule has 0 aliphatic carbocycles. The Balaban J connectivity index is 2.17. The van der Waals surface area contributed by atoms with Crippen LogP contribution in [0, 0.1) is 5.82 Å². The lowest BCUT2D eigenvalue weighted by molar-refractivity contribution is 0.201. The molecule has 0 aromatic heterocycles. The number of likely N-dealkylation sites (N-methyl/N-ethyl adjacent to an activating group) is 1. The maximum absolute atomic E-state index is 14.5. The number of halogens is 1. The zero-order valence-electron chi connectivity index (χ0n) is 14.2. The van der Waals surface area contributed by atoms with Crippen molar-refractivity contribution in [3.8, 4) is 11.1 Å². The summed E-state index contributed by atoms with van der Waals surface area (Å²) in [4.78, 5) is 13.1. The first kappa shape index (κ1) is 17.9. The average molecular weight is 329 g/mol. The predicted octanol–water partition coefficient (Wildman–Crippen LogP) is 3.50. The molecule has 2 amide bonds. The topological polar surface area (TPSA) is 58.4 Å². The zero-order valence-corrected chi connectivity index (χ0v) is 14.2. The Morgan fingerprint density at radius 2 is 1.92 bits per heavy atom. The molecule has 0 atom stereocenters. The fraction of sp³-hybridized carbons (Fsp3) is 0.316. The second kappa shape index (κ2) is 8.45. The van der Waals surface area contributed by atoms with Crippen LogP contribution in [0.25, 0.3) is 11.1 Å². The molecule has 0 aliphatic heterocycles. The van der Waals surface area contributed by atoms with Crippen LogP contribution in [0.2, 0.25) is 0 Å². The van der Waals surface area contributed by atoms with Crippen molar-refractivity contribution in [3.63, 3.8) is 0 Å². The Hall–Kier alpha value is -2.40. The second-order valence-electron chi connectivity index (χ2n) is 5.60. The van der Waals surface area contributed by atoms with Gasteiger partial charge in [-0.05, 0) is 48.1 Å². The standard InChI is InChI=1S/C19H24FN3O/c1-3-14-7-5-6-8-17(14)16-10-9-15(18(20)13-16)11-12-23(4-2)19(24)22-21/h5-10,13H,3-4,11-12,21H2,1-2H3,(H,22,24). The molecule has 0 saturated carbocycles. The van der Waals surface area contributed by atoms with Crippen molar-refractivity contribution in [3.05, 3.63) is 59.4 Å². The molecule has 0 bridgehead atoms. The van der Waals surface area contributed by atoms with Gasteiger partial charge in [-0.25, -0.2) is 15.0 Å². The van der Waals surface area contributed by atoms with E-state index < -0.39 is 0 Å². The molecule has 24 heavy (non-hydrogen) atoms. The summed E-state index contributed by atoms with van der Waals surface area (Å²) in [6, 6.07) is 13.0. The summed E-state index contributed by atoms with van der Waals surface area (Å²) in [6.45, 7) is 4.88. The fourth-order valence-electron chi connectivity index (χ4n) is 2.78. The van der Waals surface area contributed by atoms with E-state index in [-0.39, 0.29) is 11.8 Å². The Morgan fingerprint density at radius 3 is 2.54 bits per heavy atom. The number of rotatable bonds is 6. The van der Waals surface area contributed by atoms with Gasteiger partial charge in [0.05, 0.1) is 0 Å². The molecule has 2 aromatic rings. The van der Waals surface area contributed by atoms with Gasteiger partial charge in [0.1, 0.15) is 5.82 Å². The highest BCUT2D eigenvalue weighted by Gasteiger charge is 2.12. The van der Waals surface area contributed by atoms with Gasteiger partial charge < -0.3 is 4.90 Å². The minimum absolute atomic E-state index is 0.248. The van der Waals surface area contributed by atoms with Crippen molar-refractivity contribution in [2.75, 3.05) is 13.1 Å². The van der Waals surface area contributed by atoms with Crippen LogP contribution in [0.5, 0.6) is 0 Å². The lowest BCUT2D eigenvalue weighted by Crippen LogP contribution is -2.44. The van der Waals surface area contributed by atoms with Gasteiger partial charge in [0.15, 0.2) is 0 Å². The highest BCUT2D eigenvalue weighted by atomic mass is 19.1. The number of nitrogens with two attached hydrogens (primary N) is 1. The van der Waals surface area contributed by atoms with Gasteiger partial charge in [-0.3, -0.25) is 5.43 Å². The third kappa shape index (κ3) is 4.11. The van der Waals surface area contributed by atoms with E-state index in [0.29, 0.717) is 25.1 Å².